The maximum Gasteiger partial charge on any atom is 0.129 e. The van der Waals surface area contributed by atoms with Crippen molar-refractivity contribution in [2.75, 3.05) is 13.2 Å². The quantitative estimate of drug-likeness (QED) is 0.471. The SMILES string of the molecule is C[Si](C)(C)C#CC1(O)CCOCC1. The standard InChI is InChI=1S/C10H18O2Si/c1-13(2,3)9-6-10(11)4-7-12-8-5-10/h11H,4-5,7-8H2,1-3H3. The molecule has 1 rings (SSSR count). The van der Waals surface area contributed by atoms with Gasteiger partial charge in [-0.05, 0) is 0 Å². The zero-order valence-corrected chi connectivity index (χ0v) is 9.68. The Bertz CT molecular complexity index is 226. The Morgan fingerprint density at radius 1 is 1.23 bits per heavy atom. The summed E-state index contributed by atoms with van der Waals surface area (Å²) in [6.07, 6.45) is 1.31. The maximum absolute atomic E-state index is 10.0. The molecule has 0 aromatic rings. The van der Waals surface area contributed by atoms with E-state index in [1.807, 2.05) is 0 Å². The largest absolute Gasteiger partial charge is 0.381 e. The second kappa shape index (κ2) is 3.83. The fourth-order valence-corrected chi connectivity index (χ4v) is 1.75. The molecule has 1 N–H and O–H groups in total. The molecule has 0 radical (unpaired) electrons. The van der Waals surface area contributed by atoms with E-state index in [0.717, 1.165) is 0 Å². The highest BCUT2D eigenvalue weighted by molar-refractivity contribution is 6.83. The van der Waals surface area contributed by atoms with Crippen molar-refractivity contribution in [3.8, 4) is 11.5 Å². The van der Waals surface area contributed by atoms with Gasteiger partial charge in [0.25, 0.3) is 0 Å². The van der Waals surface area contributed by atoms with Gasteiger partial charge in [-0.1, -0.05) is 25.6 Å². The van der Waals surface area contributed by atoms with Gasteiger partial charge in [0.2, 0.25) is 0 Å². The second-order valence-electron chi connectivity index (χ2n) is 4.64. The molecule has 0 atom stereocenters. The first-order chi connectivity index (χ1) is 5.91. The molecule has 0 bridgehead atoms. The molecule has 1 heterocycles. The lowest BCUT2D eigenvalue weighted by Gasteiger charge is -2.27. The summed E-state index contributed by atoms with van der Waals surface area (Å²) in [6.45, 7) is 7.82. The van der Waals surface area contributed by atoms with Gasteiger partial charge in [-0.2, -0.15) is 0 Å². The van der Waals surface area contributed by atoms with Crippen LogP contribution in [0.15, 0.2) is 0 Å². The molecule has 3 heteroatoms. The van der Waals surface area contributed by atoms with Crippen molar-refractivity contribution >= 4 is 8.07 Å². The van der Waals surface area contributed by atoms with E-state index in [-0.39, 0.29) is 0 Å². The Labute approximate surface area is 81.3 Å². The van der Waals surface area contributed by atoms with Gasteiger partial charge in [-0.25, -0.2) is 0 Å². The molecule has 1 aliphatic rings. The molecule has 1 aliphatic heterocycles. The molecule has 1 fully saturated rings. The average Bonchev–Trinajstić information content (AvgIpc) is 2.02. The third-order valence-electron chi connectivity index (χ3n) is 1.99. The maximum atomic E-state index is 10.0. The Kier molecular flexibility index (Phi) is 3.17. The molecular weight excluding hydrogens is 180 g/mol. The average molecular weight is 198 g/mol. The van der Waals surface area contributed by atoms with E-state index in [4.69, 9.17) is 4.74 Å². The summed E-state index contributed by atoms with van der Waals surface area (Å²) in [6, 6.07) is 0. The van der Waals surface area contributed by atoms with Gasteiger partial charge >= 0.3 is 0 Å². The third-order valence-corrected chi connectivity index (χ3v) is 2.87. The van der Waals surface area contributed by atoms with Crippen LogP contribution >= 0.6 is 0 Å². The molecule has 74 valence electrons. The van der Waals surface area contributed by atoms with E-state index in [0.29, 0.717) is 26.1 Å². The predicted molar refractivity (Wildman–Crippen MR) is 56.1 cm³/mol. The van der Waals surface area contributed by atoms with E-state index in [1.165, 1.54) is 0 Å². The predicted octanol–water partition coefficient (Wildman–Crippen LogP) is 1.41. The number of aliphatic hydroxyl groups is 1. The minimum Gasteiger partial charge on any atom is -0.381 e. The monoisotopic (exact) mass is 198 g/mol. The summed E-state index contributed by atoms with van der Waals surface area (Å²) < 4.78 is 5.18. The van der Waals surface area contributed by atoms with Crippen LogP contribution in [-0.4, -0.2) is 32.0 Å². The van der Waals surface area contributed by atoms with Crippen molar-refractivity contribution in [3.63, 3.8) is 0 Å². The van der Waals surface area contributed by atoms with Crippen molar-refractivity contribution in [1.29, 1.82) is 0 Å². The molecule has 0 aromatic carbocycles. The van der Waals surface area contributed by atoms with Crippen molar-refractivity contribution in [3.05, 3.63) is 0 Å². The van der Waals surface area contributed by atoms with E-state index >= 15 is 0 Å². The fraction of sp³-hybridized carbons (Fsp3) is 0.800. The van der Waals surface area contributed by atoms with Crippen LogP contribution < -0.4 is 0 Å². The van der Waals surface area contributed by atoms with Crippen molar-refractivity contribution in [1.82, 2.24) is 0 Å². The molecule has 2 nitrogen and oxygen atoms in total. The van der Waals surface area contributed by atoms with Crippen LogP contribution in [0.1, 0.15) is 12.8 Å². The van der Waals surface area contributed by atoms with Crippen molar-refractivity contribution in [2.45, 2.75) is 38.1 Å². The number of ether oxygens (including phenoxy) is 1. The first kappa shape index (κ1) is 10.8. The van der Waals surface area contributed by atoms with Gasteiger partial charge < -0.3 is 9.84 Å². The fourth-order valence-electron chi connectivity index (χ4n) is 1.14. The summed E-state index contributed by atoms with van der Waals surface area (Å²) in [5.41, 5.74) is 2.45. The molecule has 0 unspecified atom stereocenters. The Morgan fingerprint density at radius 2 is 1.77 bits per heavy atom. The number of rotatable bonds is 0. The van der Waals surface area contributed by atoms with Crippen molar-refractivity contribution in [2.24, 2.45) is 0 Å². The first-order valence-electron chi connectivity index (χ1n) is 4.76. The molecular formula is C10H18O2Si. The Balaban J connectivity index is 2.63. The minimum atomic E-state index is -1.35. The van der Waals surface area contributed by atoms with Crippen LogP contribution in [0.4, 0.5) is 0 Å². The van der Waals surface area contributed by atoms with Gasteiger partial charge in [0.15, 0.2) is 0 Å². The molecule has 1 saturated heterocycles. The second-order valence-corrected chi connectivity index (χ2v) is 9.39. The molecule has 0 amide bonds. The highest BCUT2D eigenvalue weighted by atomic mass is 28.3. The number of hydrogen-bond acceptors (Lipinski definition) is 2. The minimum absolute atomic E-state index is 0.636. The molecule has 0 aromatic heterocycles. The summed E-state index contributed by atoms with van der Waals surface area (Å²) in [4.78, 5) is 0. The molecule has 13 heavy (non-hydrogen) atoms. The van der Waals surface area contributed by atoms with E-state index < -0.39 is 13.7 Å². The van der Waals surface area contributed by atoms with Crippen LogP contribution in [-0.2, 0) is 4.74 Å². The summed E-state index contributed by atoms with van der Waals surface area (Å²) >= 11 is 0. The summed E-state index contributed by atoms with van der Waals surface area (Å²) in [5.74, 6) is 3.03. The zero-order chi connectivity index (χ0) is 9.95. The van der Waals surface area contributed by atoms with Crippen LogP contribution in [0.2, 0.25) is 19.6 Å². The van der Waals surface area contributed by atoms with Crippen LogP contribution in [0, 0.1) is 11.5 Å². The van der Waals surface area contributed by atoms with Gasteiger partial charge in [-0.3, -0.25) is 0 Å². The summed E-state index contributed by atoms with van der Waals surface area (Å²) in [7, 11) is -1.35. The van der Waals surface area contributed by atoms with Gasteiger partial charge in [0, 0.05) is 12.8 Å². The van der Waals surface area contributed by atoms with Gasteiger partial charge in [-0.15, -0.1) is 5.54 Å². The summed E-state index contributed by atoms with van der Waals surface area (Å²) in [5, 5.41) is 10.0. The highest BCUT2D eigenvalue weighted by Crippen LogP contribution is 2.19. The molecule has 0 spiro atoms. The van der Waals surface area contributed by atoms with Gasteiger partial charge in [0.1, 0.15) is 13.7 Å². The lowest BCUT2D eigenvalue weighted by atomic mass is 9.96. The third kappa shape index (κ3) is 3.95. The van der Waals surface area contributed by atoms with Crippen LogP contribution in [0.3, 0.4) is 0 Å². The zero-order valence-electron chi connectivity index (χ0n) is 8.68. The highest BCUT2D eigenvalue weighted by Gasteiger charge is 2.27. The van der Waals surface area contributed by atoms with E-state index in [9.17, 15) is 5.11 Å². The van der Waals surface area contributed by atoms with Crippen LogP contribution in [0.25, 0.3) is 0 Å². The van der Waals surface area contributed by atoms with E-state index in [1.54, 1.807) is 0 Å². The topological polar surface area (TPSA) is 29.5 Å². The lowest BCUT2D eigenvalue weighted by molar-refractivity contribution is -0.0261. The molecule has 0 aliphatic carbocycles. The Morgan fingerprint density at radius 3 is 2.23 bits per heavy atom. The van der Waals surface area contributed by atoms with Gasteiger partial charge in [0.05, 0.1) is 13.2 Å². The normalized spacial score (nSPS) is 21.8. The lowest BCUT2D eigenvalue weighted by Crippen LogP contribution is -2.35. The van der Waals surface area contributed by atoms with Crippen LogP contribution in [0.5, 0.6) is 0 Å². The first-order valence-corrected chi connectivity index (χ1v) is 8.26. The van der Waals surface area contributed by atoms with E-state index in [2.05, 4.69) is 31.1 Å². The smallest absolute Gasteiger partial charge is 0.129 e. The number of hydrogen-bond donors (Lipinski definition) is 1. The molecule has 0 saturated carbocycles. The Hall–Kier alpha value is -0.303. The van der Waals surface area contributed by atoms with Crippen molar-refractivity contribution < 1.29 is 9.84 Å².